The van der Waals surface area contributed by atoms with Crippen molar-refractivity contribution in [2.45, 2.75) is 13.3 Å². The molecule has 0 bridgehead atoms. The van der Waals surface area contributed by atoms with E-state index in [4.69, 9.17) is 0 Å². The Labute approximate surface area is 80.5 Å². The molecule has 0 unspecified atom stereocenters. The van der Waals surface area contributed by atoms with Crippen LogP contribution in [0.1, 0.15) is 13.3 Å². The molecule has 0 heterocycles. The number of nitrogens with one attached hydrogen (secondary N) is 1. The van der Waals surface area contributed by atoms with Crippen molar-refractivity contribution in [2.24, 2.45) is 0 Å². The van der Waals surface area contributed by atoms with E-state index < -0.39 is 0 Å². The fourth-order valence-corrected chi connectivity index (χ4v) is 0.500. The molecule has 0 atom stereocenters. The van der Waals surface area contributed by atoms with Crippen molar-refractivity contribution in [1.82, 2.24) is 0 Å². The van der Waals surface area contributed by atoms with E-state index in [1.165, 1.54) is 17.9 Å². The van der Waals surface area contributed by atoms with Crippen LogP contribution in [0.4, 0.5) is 0 Å². The number of hydrogen-bond donors (Lipinski definition) is 1. The summed E-state index contributed by atoms with van der Waals surface area (Å²) in [4.78, 5) is 1.54. The summed E-state index contributed by atoms with van der Waals surface area (Å²) in [6.07, 6.45) is 1.29. The van der Waals surface area contributed by atoms with Gasteiger partial charge in [0.25, 0.3) is 0 Å². The molecule has 0 aliphatic rings. The van der Waals surface area contributed by atoms with Crippen molar-refractivity contribution in [3.63, 3.8) is 0 Å². The van der Waals surface area contributed by atoms with Gasteiger partial charge >= 0.3 is 0 Å². The van der Waals surface area contributed by atoms with Gasteiger partial charge in [-0.1, -0.05) is 6.92 Å². The molecule has 0 aliphatic heterocycles. The largest absolute Gasteiger partial charge is 1.00 e. The van der Waals surface area contributed by atoms with Crippen LogP contribution in [0.3, 0.4) is 0 Å². The Morgan fingerprint density at radius 3 is 1.62 bits per heavy atom. The molecular formula is C5H14ClNNa. The van der Waals surface area contributed by atoms with Crippen LogP contribution in [0.15, 0.2) is 0 Å². The van der Waals surface area contributed by atoms with E-state index in [2.05, 4.69) is 21.0 Å². The van der Waals surface area contributed by atoms with Gasteiger partial charge < -0.3 is 17.3 Å². The smallest absolute Gasteiger partial charge is 0.0764 e. The molecule has 0 aromatic rings. The van der Waals surface area contributed by atoms with Crippen LogP contribution in [0, 0.1) is 0 Å². The van der Waals surface area contributed by atoms with Crippen LogP contribution in [-0.4, -0.2) is 50.2 Å². The molecule has 0 aromatic heterocycles. The summed E-state index contributed by atoms with van der Waals surface area (Å²) in [5.74, 6) is 0. The second-order valence-corrected chi connectivity index (χ2v) is 1.96. The minimum Gasteiger partial charge on any atom is -1.00 e. The average molecular weight is 147 g/mol. The van der Waals surface area contributed by atoms with Gasteiger partial charge in [-0.3, -0.25) is 0 Å². The van der Waals surface area contributed by atoms with Crippen molar-refractivity contribution >= 4 is 29.6 Å². The summed E-state index contributed by atoms with van der Waals surface area (Å²) in [6, 6.07) is 0. The zero-order valence-corrected chi connectivity index (χ0v) is 9.05. The number of hydrogen-bond acceptors (Lipinski definition) is 0. The molecule has 0 amide bonds. The van der Waals surface area contributed by atoms with E-state index in [9.17, 15) is 0 Å². The molecule has 1 nitrogen and oxygen atoms in total. The first-order valence-corrected chi connectivity index (χ1v) is 2.56. The monoisotopic (exact) mass is 146 g/mol. The van der Waals surface area contributed by atoms with Crippen molar-refractivity contribution in [3.8, 4) is 0 Å². The molecule has 0 fully saturated rings. The second kappa shape index (κ2) is 11.1. The normalized spacial score (nSPS) is 7.50. The minimum atomic E-state index is 0. The van der Waals surface area contributed by atoms with E-state index in [1.807, 2.05) is 0 Å². The van der Waals surface area contributed by atoms with Gasteiger partial charge in [0, 0.05) is 29.6 Å². The molecule has 0 aromatic carbocycles. The predicted molar refractivity (Wildman–Crippen MR) is 33.7 cm³/mol. The zero-order valence-electron chi connectivity index (χ0n) is 6.29. The maximum atomic E-state index is 2.20. The molecule has 8 heavy (non-hydrogen) atoms. The van der Waals surface area contributed by atoms with Gasteiger partial charge in [0.1, 0.15) is 0 Å². The van der Waals surface area contributed by atoms with Crippen LogP contribution in [0.2, 0.25) is 0 Å². The van der Waals surface area contributed by atoms with Crippen molar-refractivity contribution < 1.29 is 17.3 Å². The van der Waals surface area contributed by atoms with Gasteiger partial charge in [-0.2, -0.15) is 0 Å². The summed E-state index contributed by atoms with van der Waals surface area (Å²) in [5, 5.41) is 0. The van der Waals surface area contributed by atoms with Crippen molar-refractivity contribution in [1.29, 1.82) is 0 Å². The standard InChI is InChI=1S/C5H13N.ClH.Na/c1-4-5-6(2)3;;/h4-5H2,1-3H3;1H;. The Balaban J connectivity index is -0.000000125. The van der Waals surface area contributed by atoms with E-state index in [0.717, 1.165) is 0 Å². The number of quaternary nitrogens is 1. The number of rotatable bonds is 2. The summed E-state index contributed by atoms with van der Waals surface area (Å²) in [5.41, 5.74) is 0. The van der Waals surface area contributed by atoms with E-state index in [0.29, 0.717) is 0 Å². The molecule has 1 radical (unpaired) electrons. The van der Waals surface area contributed by atoms with Gasteiger partial charge in [0.05, 0.1) is 20.6 Å². The summed E-state index contributed by atoms with van der Waals surface area (Å²) in [6.45, 7) is 3.49. The van der Waals surface area contributed by atoms with Gasteiger partial charge in [-0.25, -0.2) is 0 Å². The van der Waals surface area contributed by atoms with Crippen LogP contribution < -0.4 is 17.3 Å². The Morgan fingerprint density at radius 2 is 1.62 bits per heavy atom. The molecule has 0 saturated carbocycles. The Bertz CT molecular complexity index is 33.6. The summed E-state index contributed by atoms with van der Waals surface area (Å²) >= 11 is 0. The fourth-order valence-electron chi connectivity index (χ4n) is 0.500. The second-order valence-electron chi connectivity index (χ2n) is 1.96. The first kappa shape index (κ1) is 16.1. The van der Waals surface area contributed by atoms with Gasteiger partial charge in [0.2, 0.25) is 0 Å². The van der Waals surface area contributed by atoms with Gasteiger partial charge in [0.15, 0.2) is 0 Å². The Kier molecular flexibility index (Phi) is 22.4. The summed E-state index contributed by atoms with van der Waals surface area (Å²) < 4.78 is 0. The van der Waals surface area contributed by atoms with Crippen LogP contribution >= 0.6 is 0 Å². The first-order valence-electron chi connectivity index (χ1n) is 2.56. The fraction of sp³-hybridized carbons (Fsp3) is 1.00. The van der Waals surface area contributed by atoms with E-state index in [-0.39, 0.29) is 42.0 Å². The third-order valence-electron chi connectivity index (χ3n) is 0.750. The maximum Gasteiger partial charge on any atom is 0.0764 e. The molecule has 3 heteroatoms. The predicted octanol–water partition coefficient (Wildman–Crippen LogP) is -3.84. The van der Waals surface area contributed by atoms with Gasteiger partial charge in [-0.15, -0.1) is 0 Å². The van der Waals surface area contributed by atoms with Crippen LogP contribution in [-0.2, 0) is 0 Å². The Hall–Kier alpha value is 1.25. The van der Waals surface area contributed by atoms with Gasteiger partial charge in [-0.05, 0) is 6.42 Å². The quantitative estimate of drug-likeness (QED) is 0.381. The van der Waals surface area contributed by atoms with Crippen molar-refractivity contribution in [2.75, 3.05) is 20.6 Å². The molecule has 0 spiro atoms. The van der Waals surface area contributed by atoms with E-state index in [1.54, 1.807) is 0 Å². The SMILES string of the molecule is CCC[NH+](C)C.[Cl-].[Na]. The molecule has 0 saturated heterocycles. The molecule has 47 valence electrons. The number of halogens is 1. The molecular weight excluding hydrogens is 133 g/mol. The topological polar surface area (TPSA) is 4.44 Å². The molecule has 1 N–H and O–H groups in total. The minimum absolute atomic E-state index is 0. The molecule has 0 rings (SSSR count). The third-order valence-corrected chi connectivity index (χ3v) is 0.750. The van der Waals surface area contributed by atoms with E-state index >= 15 is 0 Å². The van der Waals surface area contributed by atoms with Crippen LogP contribution in [0.5, 0.6) is 0 Å². The maximum absolute atomic E-state index is 2.20. The zero-order chi connectivity index (χ0) is 4.99. The Morgan fingerprint density at radius 1 is 1.25 bits per heavy atom. The first-order chi connectivity index (χ1) is 2.77. The van der Waals surface area contributed by atoms with Crippen LogP contribution in [0.25, 0.3) is 0 Å². The van der Waals surface area contributed by atoms with Crippen molar-refractivity contribution in [3.05, 3.63) is 0 Å². The summed E-state index contributed by atoms with van der Waals surface area (Å²) in [7, 11) is 4.34. The third kappa shape index (κ3) is 15.7. The average Bonchev–Trinajstić information content (AvgIpc) is 1.35. The molecule has 0 aliphatic carbocycles.